The first kappa shape index (κ1) is 14.8. The summed E-state index contributed by atoms with van der Waals surface area (Å²) >= 11 is 3.48. The average molecular weight is 313 g/mol. The maximum atomic E-state index is 8.45. The number of halogens is 1. The lowest BCUT2D eigenvalue weighted by Crippen LogP contribution is -2.14. The van der Waals surface area contributed by atoms with Crippen LogP contribution in [-0.4, -0.2) is 20.3 Å². The van der Waals surface area contributed by atoms with Gasteiger partial charge in [0.2, 0.25) is 0 Å². The second-order valence-corrected chi connectivity index (χ2v) is 4.48. The van der Waals surface area contributed by atoms with Crippen LogP contribution < -0.4 is 14.8 Å². The van der Waals surface area contributed by atoms with Gasteiger partial charge in [0, 0.05) is 19.5 Å². The van der Waals surface area contributed by atoms with Crippen molar-refractivity contribution >= 4 is 15.9 Å². The monoisotopic (exact) mass is 312 g/mol. The lowest BCUT2D eigenvalue weighted by Gasteiger charge is -2.13. The van der Waals surface area contributed by atoms with Gasteiger partial charge in [-0.25, -0.2) is 0 Å². The Kier molecular flexibility index (Phi) is 6.55. The molecule has 18 heavy (non-hydrogen) atoms. The summed E-state index contributed by atoms with van der Waals surface area (Å²) in [6.07, 6.45) is 0.509. The topological polar surface area (TPSA) is 54.3 Å². The highest BCUT2D eigenvalue weighted by Crippen LogP contribution is 2.36. The Balaban J connectivity index is 2.76. The highest BCUT2D eigenvalue weighted by molar-refractivity contribution is 9.10. The molecule has 4 nitrogen and oxygen atoms in total. The number of nitriles is 1. The third-order valence-electron chi connectivity index (χ3n) is 2.32. The molecular formula is C13H17BrN2O2. The molecule has 98 valence electrons. The Morgan fingerprint density at radius 2 is 2.22 bits per heavy atom. The summed E-state index contributed by atoms with van der Waals surface area (Å²) in [5.41, 5.74) is 1.08. The van der Waals surface area contributed by atoms with Gasteiger partial charge in [0.1, 0.15) is 0 Å². The second kappa shape index (κ2) is 7.96. The van der Waals surface area contributed by atoms with Crippen molar-refractivity contribution in [1.29, 1.82) is 5.26 Å². The molecule has 0 saturated heterocycles. The molecule has 5 heteroatoms. The minimum Gasteiger partial charge on any atom is -0.493 e. The van der Waals surface area contributed by atoms with Crippen LogP contribution in [-0.2, 0) is 6.54 Å². The Morgan fingerprint density at radius 1 is 1.44 bits per heavy atom. The van der Waals surface area contributed by atoms with Crippen molar-refractivity contribution in [3.8, 4) is 17.6 Å². The van der Waals surface area contributed by atoms with E-state index in [1.807, 2.05) is 19.1 Å². The fourth-order valence-corrected chi connectivity index (χ4v) is 2.14. The van der Waals surface area contributed by atoms with Gasteiger partial charge in [-0.1, -0.05) is 0 Å². The van der Waals surface area contributed by atoms with Gasteiger partial charge in [-0.05, 0) is 40.5 Å². The number of methoxy groups -OCH3 is 1. The lowest BCUT2D eigenvalue weighted by atomic mass is 10.2. The second-order valence-electron chi connectivity index (χ2n) is 3.63. The number of nitrogens with zero attached hydrogens (tertiary/aromatic N) is 1. The van der Waals surface area contributed by atoms with Crippen molar-refractivity contribution in [1.82, 2.24) is 5.32 Å². The van der Waals surface area contributed by atoms with E-state index in [4.69, 9.17) is 14.7 Å². The summed E-state index contributed by atoms with van der Waals surface area (Å²) in [6.45, 7) is 3.91. The molecule has 1 aromatic carbocycles. The number of nitrogens with one attached hydrogen (secondary N) is 1. The van der Waals surface area contributed by atoms with Gasteiger partial charge in [0.15, 0.2) is 11.5 Å². The standard InChI is InChI=1S/C13H17BrN2O2/c1-3-18-13-11(14)7-10(8-12(13)17-2)9-16-6-4-5-15/h7-8,16H,3-4,6,9H2,1-2H3. The minimum absolute atomic E-state index is 0.509. The molecule has 0 atom stereocenters. The molecule has 1 rings (SSSR count). The van der Waals surface area contributed by atoms with Crippen molar-refractivity contribution in [3.05, 3.63) is 22.2 Å². The lowest BCUT2D eigenvalue weighted by molar-refractivity contribution is 0.308. The van der Waals surface area contributed by atoms with Crippen LogP contribution in [0.15, 0.2) is 16.6 Å². The SMILES string of the molecule is CCOc1c(Br)cc(CNCCC#N)cc1OC. The van der Waals surface area contributed by atoms with Crippen LogP contribution in [0.1, 0.15) is 18.9 Å². The van der Waals surface area contributed by atoms with E-state index in [1.165, 1.54) is 0 Å². The van der Waals surface area contributed by atoms with Crippen molar-refractivity contribution in [2.75, 3.05) is 20.3 Å². The van der Waals surface area contributed by atoms with Gasteiger partial charge in [0.25, 0.3) is 0 Å². The zero-order chi connectivity index (χ0) is 13.4. The number of benzene rings is 1. The molecular weight excluding hydrogens is 296 g/mol. The third-order valence-corrected chi connectivity index (χ3v) is 2.91. The molecule has 1 N–H and O–H groups in total. The van der Waals surface area contributed by atoms with E-state index in [0.717, 1.165) is 15.8 Å². The first-order valence-electron chi connectivity index (χ1n) is 5.79. The van der Waals surface area contributed by atoms with E-state index in [1.54, 1.807) is 7.11 Å². The maximum absolute atomic E-state index is 8.45. The molecule has 0 aliphatic rings. The van der Waals surface area contributed by atoms with Crippen LogP contribution in [0.4, 0.5) is 0 Å². The zero-order valence-electron chi connectivity index (χ0n) is 10.6. The normalized spacial score (nSPS) is 9.89. The smallest absolute Gasteiger partial charge is 0.175 e. The van der Waals surface area contributed by atoms with Crippen molar-refractivity contribution in [2.45, 2.75) is 19.9 Å². The minimum atomic E-state index is 0.509. The quantitative estimate of drug-likeness (QED) is 0.787. The predicted octanol–water partition coefficient (Wildman–Crippen LogP) is 2.86. The Labute approximate surface area is 116 Å². The Morgan fingerprint density at radius 3 is 2.83 bits per heavy atom. The largest absolute Gasteiger partial charge is 0.493 e. The Hall–Kier alpha value is -1.25. The van der Waals surface area contributed by atoms with Crippen LogP contribution >= 0.6 is 15.9 Å². The first-order chi connectivity index (χ1) is 8.72. The molecule has 0 aromatic heterocycles. The number of rotatable bonds is 7. The highest BCUT2D eigenvalue weighted by Gasteiger charge is 2.10. The Bertz CT molecular complexity index is 430. The van der Waals surface area contributed by atoms with Gasteiger partial charge in [-0.3, -0.25) is 0 Å². The summed E-state index contributed by atoms with van der Waals surface area (Å²) in [4.78, 5) is 0. The summed E-state index contributed by atoms with van der Waals surface area (Å²) in [5, 5.41) is 11.6. The molecule has 0 unspecified atom stereocenters. The van der Waals surface area contributed by atoms with Gasteiger partial charge >= 0.3 is 0 Å². The summed E-state index contributed by atoms with van der Waals surface area (Å²) in [6, 6.07) is 6.03. The zero-order valence-corrected chi connectivity index (χ0v) is 12.2. The average Bonchev–Trinajstić information content (AvgIpc) is 2.37. The van der Waals surface area contributed by atoms with Crippen LogP contribution in [0.2, 0.25) is 0 Å². The predicted molar refractivity (Wildman–Crippen MR) is 73.8 cm³/mol. The molecule has 0 saturated carbocycles. The van der Waals surface area contributed by atoms with E-state index < -0.39 is 0 Å². The maximum Gasteiger partial charge on any atom is 0.175 e. The van der Waals surface area contributed by atoms with Crippen LogP contribution in [0.5, 0.6) is 11.5 Å². The molecule has 0 bridgehead atoms. The van der Waals surface area contributed by atoms with Crippen LogP contribution in [0.25, 0.3) is 0 Å². The van der Waals surface area contributed by atoms with E-state index in [0.29, 0.717) is 31.9 Å². The summed E-state index contributed by atoms with van der Waals surface area (Å²) in [7, 11) is 1.62. The fourth-order valence-electron chi connectivity index (χ4n) is 1.54. The van der Waals surface area contributed by atoms with E-state index in [-0.39, 0.29) is 0 Å². The molecule has 0 aliphatic carbocycles. The van der Waals surface area contributed by atoms with Gasteiger partial charge < -0.3 is 14.8 Å². The molecule has 0 fully saturated rings. The van der Waals surface area contributed by atoms with Crippen molar-refractivity contribution in [3.63, 3.8) is 0 Å². The van der Waals surface area contributed by atoms with Gasteiger partial charge in [0.05, 0.1) is 24.3 Å². The van der Waals surface area contributed by atoms with Crippen LogP contribution in [0, 0.1) is 11.3 Å². The number of ether oxygens (including phenoxy) is 2. The molecule has 0 aliphatic heterocycles. The molecule has 0 amide bonds. The van der Waals surface area contributed by atoms with Crippen molar-refractivity contribution in [2.24, 2.45) is 0 Å². The van der Waals surface area contributed by atoms with E-state index in [2.05, 4.69) is 27.3 Å². The van der Waals surface area contributed by atoms with Gasteiger partial charge in [-0.15, -0.1) is 0 Å². The van der Waals surface area contributed by atoms with Gasteiger partial charge in [-0.2, -0.15) is 5.26 Å². The molecule has 0 radical (unpaired) electrons. The van der Waals surface area contributed by atoms with E-state index >= 15 is 0 Å². The van der Waals surface area contributed by atoms with Crippen LogP contribution in [0.3, 0.4) is 0 Å². The molecule has 0 heterocycles. The molecule has 0 spiro atoms. The summed E-state index contributed by atoms with van der Waals surface area (Å²) in [5.74, 6) is 1.43. The third kappa shape index (κ3) is 4.21. The first-order valence-corrected chi connectivity index (χ1v) is 6.59. The molecule has 1 aromatic rings. The fraction of sp³-hybridized carbons (Fsp3) is 0.462. The van der Waals surface area contributed by atoms with E-state index in [9.17, 15) is 0 Å². The summed E-state index contributed by atoms with van der Waals surface area (Å²) < 4.78 is 11.7. The number of hydrogen-bond acceptors (Lipinski definition) is 4. The van der Waals surface area contributed by atoms with Crippen molar-refractivity contribution < 1.29 is 9.47 Å². The number of hydrogen-bond donors (Lipinski definition) is 1. The highest BCUT2D eigenvalue weighted by atomic mass is 79.9.